The number of hydrogen-bond acceptors (Lipinski definition) is 4. The predicted molar refractivity (Wildman–Crippen MR) is 98.0 cm³/mol. The zero-order valence-corrected chi connectivity index (χ0v) is 16.5. The standard InChI is InChI=1S/C20H25F3N4O2/c1-13-11-17(29-25-13)16-9-3-2-6-10-26(16)18(28)12-27-15-8-5-4-7-14(15)19(24-27)20(21,22)23/h11,16H,2-10,12H2,1H3/t16-/m0/s1. The third kappa shape index (κ3) is 4.04. The van der Waals surface area contributed by atoms with Gasteiger partial charge in [0.15, 0.2) is 11.5 Å². The quantitative estimate of drug-likeness (QED) is 0.760. The molecule has 9 heteroatoms. The summed E-state index contributed by atoms with van der Waals surface area (Å²) in [6, 6.07) is 1.59. The number of nitrogens with zero attached hydrogens (tertiary/aromatic N) is 4. The zero-order chi connectivity index (χ0) is 20.6. The smallest absolute Gasteiger partial charge is 0.359 e. The van der Waals surface area contributed by atoms with Crippen LogP contribution in [0.5, 0.6) is 0 Å². The van der Waals surface area contributed by atoms with E-state index in [1.54, 1.807) is 4.90 Å². The second-order valence-corrected chi connectivity index (χ2v) is 7.96. The Morgan fingerprint density at radius 3 is 2.72 bits per heavy atom. The summed E-state index contributed by atoms with van der Waals surface area (Å²) in [5.74, 6) is 0.409. The molecular formula is C20H25F3N4O2. The van der Waals surface area contributed by atoms with E-state index >= 15 is 0 Å². The highest BCUT2D eigenvalue weighted by molar-refractivity contribution is 5.76. The van der Waals surface area contributed by atoms with E-state index in [4.69, 9.17) is 4.52 Å². The third-order valence-electron chi connectivity index (χ3n) is 5.86. The van der Waals surface area contributed by atoms with Gasteiger partial charge in [-0.3, -0.25) is 9.48 Å². The van der Waals surface area contributed by atoms with Crippen molar-refractivity contribution in [3.05, 3.63) is 34.5 Å². The summed E-state index contributed by atoms with van der Waals surface area (Å²) >= 11 is 0. The average molecular weight is 410 g/mol. The van der Waals surface area contributed by atoms with Gasteiger partial charge < -0.3 is 9.42 Å². The van der Waals surface area contributed by atoms with Gasteiger partial charge in [0, 0.05) is 23.9 Å². The molecule has 2 aromatic rings. The lowest BCUT2D eigenvalue weighted by Gasteiger charge is -2.28. The van der Waals surface area contributed by atoms with Crippen LogP contribution in [0.25, 0.3) is 0 Å². The van der Waals surface area contributed by atoms with Crippen LogP contribution in [0.4, 0.5) is 13.2 Å². The monoisotopic (exact) mass is 410 g/mol. The molecular weight excluding hydrogens is 385 g/mol. The predicted octanol–water partition coefficient (Wildman–Crippen LogP) is 4.22. The lowest BCUT2D eigenvalue weighted by atomic mass is 9.95. The van der Waals surface area contributed by atoms with Crippen molar-refractivity contribution in [2.24, 2.45) is 0 Å². The Hall–Kier alpha value is -2.32. The van der Waals surface area contributed by atoms with Gasteiger partial charge in [0.2, 0.25) is 5.91 Å². The molecule has 3 heterocycles. The van der Waals surface area contributed by atoms with Crippen LogP contribution in [-0.2, 0) is 30.4 Å². The maximum absolute atomic E-state index is 13.4. The van der Waals surface area contributed by atoms with Gasteiger partial charge in [0.25, 0.3) is 0 Å². The first-order chi connectivity index (χ1) is 13.8. The molecule has 0 unspecified atom stereocenters. The summed E-state index contributed by atoms with van der Waals surface area (Å²) in [5, 5.41) is 7.76. The summed E-state index contributed by atoms with van der Waals surface area (Å²) in [4.78, 5) is 14.9. The number of aryl methyl sites for hydroxylation is 1. The third-order valence-corrected chi connectivity index (χ3v) is 5.86. The number of carbonyl (C=O) groups excluding carboxylic acids is 1. The summed E-state index contributed by atoms with van der Waals surface area (Å²) < 4.78 is 47.0. The van der Waals surface area contributed by atoms with Crippen molar-refractivity contribution in [2.75, 3.05) is 6.54 Å². The highest BCUT2D eigenvalue weighted by Gasteiger charge is 2.40. The summed E-state index contributed by atoms with van der Waals surface area (Å²) in [6.45, 7) is 2.20. The van der Waals surface area contributed by atoms with Crippen LogP contribution in [-0.4, -0.2) is 32.3 Å². The number of rotatable bonds is 3. The molecule has 0 radical (unpaired) electrons. The molecule has 1 aliphatic heterocycles. The van der Waals surface area contributed by atoms with Crippen LogP contribution >= 0.6 is 0 Å². The van der Waals surface area contributed by atoms with Crippen LogP contribution in [0.2, 0.25) is 0 Å². The van der Waals surface area contributed by atoms with Gasteiger partial charge in [-0.15, -0.1) is 0 Å². The minimum atomic E-state index is -4.50. The molecule has 1 saturated heterocycles. The summed E-state index contributed by atoms with van der Waals surface area (Å²) in [6.07, 6.45) is 1.50. The van der Waals surface area contributed by atoms with Crippen LogP contribution in [0.1, 0.15) is 73.0 Å². The summed E-state index contributed by atoms with van der Waals surface area (Å²) in [7, 11) is 0. The van der Waals surface area contributed by atoms with Gasteiger partial charge in [-0.1, -0.05) is 18.0 Å². The van der Waals surface area contributed by atoms with E-state index in [2.05, 4.69) is 10.3 Å². The molecule has 1 atom stereocenters. The normalized spacial score (nSPS) is 20.4. The molecule has 2 aromatic heterocycles. The van der Waals surface area contributed by atoms with Gasteiger partial charge >= 0.3 is 6.18 Å². The maximum Gasteiger partial charge on any atom is 0.435 e. The molecule has 0 aromatic carbocycles. The minimum Gasteiger partial charge on any atom is -0.359 e. The first-order valence-corrected chi connectivity index (χ1v) is 10.2. The van der Waals surface area contributed by atoms with Crippen LogP contribution in [0.15, 0.2) is 10.6 Å². The first-order valence-electron chi connectivity index (χ1n) is 10.2. The van der Waals surface area contributed by atoms with E-state index in [-0.39, 0.29) is 24.1 Å². The van der Waals surface area contributed by atoms with Crippen molar-refractivity contribution in [1.29, 1.82) is 0 Å². The molecule has 1 fully saturated rings. The Morgan fingerprint density at radius 2 is 2.00 bits per heavy atom. The Balaban J connectivity index is 1.61. The van der Waals surface area contributed by atoms with Crippen LogP contribution < -0.4 is 0 Å². The van der Waals surface area contributed by atoms with Crippen LogP contribution in [0.3, 0.4) is 0 Å². The second-order valence-electron chi connectivity index (χ2n) is 7.96. The van der Waals surface area contributed by atoms with Gasteiger partial charge in [0.1, 0.15) is 6.54 Å². The molecule has 0 saturated carbocycles. The highest BCUT2D eigenvalue weighted by Crippen LogP contribution is 2.36. The maximum atomic E-state index is 13.4. The van der Waals surface area contributed by atoms with E-state index in [0.717, 1.165) is 44.2 Å². The van der Waals surface area contributed by atoms with Crippen molar-refractivity contribution < 1.29 is 22.5 Å². The van der Waals surface area contributed by atoms with Gasteiger partial charge in [-0.25, -0.2) is 0 Å². The topological polar surface area (TPSA) is 64.2 Å². The van der Waals surface area contributed by atoms with E-state index < -0.39 is 11.9 Å². The Kier molecular flexibility index (Phi) is 5.40. The van der Waals surface area contributed by atoms with Gasteiger partial charge in [0.05, 0.1) is 11.7 Å². The number of alkyl halides is 3. The number of carbonyl (C=O) groups is 1. The summed E-state index contributed by atoms with van der Waals surface area (Å²) in [5.41, 5.74) is 0.722. The first kappa shape index (κ1) is 20.0. The van der Waals surface area contributed by atoms with Gasteiger partial charge in [-0.05, 0) is 45.4 Å². The second kappa shape index (κ2) is 7.84. The van der Waals surface area contributed by atoms with Crippen molar-refractivity contribution in [2.45, 2.75) is 77.1 Å². The van der Waals surface area contributed by atoms with Crippen molar-refractivity contribution in [3.63, 3.8) is 0 Å². The van der Waals surface area contributed by atoms with E-state index in [1.165, 1.54) is 4.68 Å². The molecule has 1 amide bonds. The molecule has 0 spiro atoms. The highest BCUT2D eigenvalue weighted by atomic mass is 19.4. The largest absolute Gasteiger partial charge is 0.435 e. The number of aromatic nitrogens is 3. The lowest BCUT2D eigenvalue weighted by molar-refractivity contribution is -0.143. The number of likely N-dealkylation sites (tertiary alicyclic amines) is 1. The zero-order valence-electron chi connectivity index (χ0n) is 16.5. The van der Waals surface area contributed by atoms with Gasteiger partial charge in [-0.2, -0.15) is 18.3 Å². The molecule has 0 bridgehead atoms. The number of hydrogen-bond donors (Lipinski definition) is 0. The van der Waals surface area contributed by atoms with Crippen LogP contribution in [0, 0.1) is 6.92 Å². The van der Waals surface area contributed by atoms with E-state index in [1.807, 2.05) is 13.0 Å². The number of fused-ring (bicyclic) bond motifs is 1. The van der Waals surface area contributed by atoms with E-state index in [0.29, 0.717) is 30.8 Å². The van der Waals surface area contributed by atoms with E-state index in [9.17, 15) is 18.0 Å². The molecule has 1 aliphatic carbocycles. The van der Waals surface area contributed by atoms with Crippen molar-refractivity contribution in [3.8, 4) is 0 Å². The Labute approximate surface area is 167 Å². The minimum absolute atomic E-state index is 0.179. The Morgan fingerprint density at radius 1 is 1.21 bits per heavy atom. The number of amides is 1. The van der Waals surface area contributed by atoms with Crippen molar-refractivity contribution >= 4 is 5.91 Å². The molecule has 158 valence electrons. The fourth-order valence-corrected chi connectivity index (χ4v) is 4.49. The molecule has 0 N–H and O–H groups in total. The fraction of sp³-hybridized carbons (Fsp3) is 0.650. The molecule has 29 heavy (non-hydrogen) atoms. The lowest BCUT2D eigenvalue weighted by Crippen LogP contribution is -2.37. The Bertz CT molecular complexity index is 887. The fourth-order valence-electron chi connectivity index (χ4n) is 4.49. The molecule has 2 aliphatic rings. The molecule has 4 rings (SSSR count). The molecule has 6 nitrogen and oxygen atoms in total. The SMILES string of the molecule is Cc1cc([C@@H]2CCCCCN2C(=O)Cn2nc(C(F)(F)F)c3c2CCCC3)on1. The van der Waals surface area contributed by atoms with Crippen molar-refractivity contribution in [1.82, 2.24) is 19.8 Å². The average Bonchev–Trinajstić information content (AvgIpc) is 3.17. The number of halogens is 3.